The zero-order valence-electron chi connectivity index (χ0n) is 15.3. The number of aliphatic hydroxyl groups excluding tert-OH is 1. The first-order valence-corrected chi connectivity index (χ1v) is 8.44. The quantitative estimate of drug-likeness (QED) is 0.707. The Morgan fingerprint density at radius 1 is 1.15 bits per heavy atom. The molecule has 0 aliphatic carbocycles. The fourth-order valence-corrected chi connectivity index (χ4v) is 2.31. The largest absolute Gasteiger partial charge is 0.478 e. The van der Waals surface area contributed by atoms with E-state index in [1.165, 1.54) is 6.07 Å². The number of aliphatic hydroxyl groups is 1. The third kappa shape index (κ3) is 8.70. The molecule has 0 aliphatic rings. The topological polar surface area (TPSA) is 69.6 Å². The summed E-state index contributed by atoms with van der Waals surface area (Å²) in [7, 11) is 0. The van der Waals surface area contributed by atoms with Gasteiger partial charge in [-0.2, -0.15) is 13.2 Å². The van der Waals surface area contributed by atoms with Crippen LogP contribution in [0.5, 0.6) is 0 Å². The molecular formula is C20H24F3NO3. The van der Waals surface area contributed by atoms with Gasteiger partial charge in [-0.1, -0.05) is 35.9 Å². The van der Waals surface area contributed by atoms with E-state index in [4.69, 9.17) is 10.2 Å². The van der Waals surface area contributed by atoms with Crippen LogP contribution in [0.2, 0.25) is 0 Å². The highest BCUT2D eigenvalue weighted by atomic mass is 19.4. The standard InChI is InChI=1S/C12H16F3NO.C8H8O2/c1-9(16-5-6-17)7-10-3-2-4-11(8-10)12(13,14)15;1-6-2-4-7(5-3-6)8(9)10/h2-4,8-9,16-17H,5-7H2,1H3;2-5H,1H3,(H,9,10). The van der Waals surface area contributed by atoms with Gasteiger partial charge in [0.05, 0.1) is 17.7 Å². The minimum atomic E-state index is -4.29. The third-order valence-corrected chi connectivity index (χ3v) is 3.70. The van der Waals surface area contributed by atoms with Crippen molar-refractivity contribution in [2.45, 2.75) is 32.5 Å². The zero-order chi connectivity index (χ0) is 20.4. The lowest BCUT2D eigenvalue weighted by molar-refractivity contribution is -0.137. The zero-order valence-corrected chi connectivity index (χ0v) is 15.3. The van der Waals surface area contributed by atoms with Crippen LogP contribution >= 0.6 is 0 Å². The lowest BCUT2D eigenvalue weighted by Crippen LogP contribution is -2.30. The second-order valence-electron chi connectivity index (χ2n) is 6.15. The summed E-state index contributed by atoms with van der Waals surface area (Å²) in [4.78, 5) is 10.3. The number of hydrogen-bond acceptors (Lipinski definition) is 3. The molecule has 0 aliphatic heterocycles. The van der Waals surface area contributed by atoms with Crippen LogP contribution in [-0.2, 0) is 12.6 Å². The molecule has 1 unspecified atom stereocenters. The smallest absolute Gasteiger partial charge is 0.416 e. The number of aryl methyl sites for hydroxylation is 1. The van der Waals surface area contributed by atoms with Gasteiger partial charge < -0.3 is 15.5 Å². The Morgan fingerprint density at radius 2 is 1.78 bits per heavy atom. The van der Waals surface area contributed by atoms with E-state index in [2.05, 4.69) is 5.32 Å². The van der Waals surface area contributed by atoms with Gasteiger partial charge in [0.1, 0.15) is 0 Å². The number of carboxylic acids is 1. The number of aromatic carboxylic acids is 1. The highest BCUT2D eigenvalue weighted by Crippen LogP contribution is 2.29. The number of hydrogen-bond donors (Lipinski definition) is 3. The van der Waals surface area contributed by atoms with Crippen LogP contribution in [0.1, 0.15) is 34.0 Å². The molecule has 27 heavy (non-hydrogen) atoms. The molecule has 148 valence electrons. The number of carbonyl (C=O) groups is 1. The predicted molar refractivity (Wildman–Crippen MR) is 97.8 cm³/mol. The Balaban J connectivity index is 0.000000309. The summed E-state index contributed by atoms with van der Waals surface area (Å²) in [5.74, 6) is -0.875. The normalized spacial score (nSPS) is 12.1. The number of alkyl halides is 3. The van der Waals surface area contributed by atoms with E-state index < -0.39 is 17.7 Å². The van der Waals surface area contributed by atoms with Crippen LogP contribution in [0.25, 0.3) is 0 Å². The summed E-state index contributed by atoms with van der Waals surface area (Å²) in [6, 6.07) is 12.1. The molecule has 0 fully saturated rings. The van der Waals surface area contributed by atoms with Crippen molar-refractivity contribution in [1.29, 1.82) is 0 Å². The molecule has 3 N–H and O–H groups in total. The Morgan fingerprint density at radius 3 is 2.30 bits per heavy atom. The van der Waals surface area contributed by atoms with Crippen molar-refractivity contribution in [3.05, 3.63) is 70.8 Å². The molecule has 2 rings (SSSR count). The first-order chi connectivity index (χ1) is 12.6. The minimum absolute atomic E-state index is 0.0208. The maximum Gasteiger partial charge on any atom is 0.416 e. The second-order valence-corrected chi connectivity index (χ2v) is 6.15. The SMILES string of the molecule is CC(Cc1cccc(C(F)(F)F)c1)NCCO.Cc1ccc(C(=O)O)cc1. The van der Waals surface area contributed by atoms with Crippen LogP contribution in [0.4, 0.5) is 13.2 Å². The molecule has 7 heteroatoms. The molecule has 0 heterocycles. The van der Waals surface area contributed by atoms with Crippen LogP contribution in [0, 0.1) is 6.92 Å². The second kappa shape index (κ2) is 10.7. The summed E-state index contributed by atoms with van der Waals surface area (Å²) in [5.41, 5.74) is 1.43. The van der Waals surface area contributed by atoms with Crippen LogP contribution in [0.3, 0.4) is 0 Å². The lowest BCUT2D eigenvalue weighted by Gasteiger charge is -2.14. The first kappa shape index (κ1) is 22.7. The fourth-order valence-electron chi connectivity index (χ4n) is 2.31. The molecule has 0 spiro atoms. The molecule has 0 radical (unpaired) electrons. The van der Waals surface area contributed by atoms with Gasteiger partial charge in [-0.3, -0.25) is 0 Å². The van der Waals surface area contributed by atoms with E-state index >= 15 is 0 Å². The third-order valence-electron chi connectivity index (χ3n) is 3.70. The van der Waals surface area contributed by atoms with E-state index in [0.29, 0.717) is 24.1 Å². The van der Waals surface area contributed by atoms with Crippen molar-refractivity contribution in [3.8, 4) is 0 Å². The Hall–Kier alpha value is -2.38. The van der Waals surface area contributed by atoms with Crippen molar-refractivity contribution in [2.24, 2.45) is 0 Å². The number of benzene rings is 2. The summed E-state index contributed by atoms with van der Waals surface area (Å²) < 4.78 is 37.4. The van der Waals surface area contributed by atoms with Gasteiger partial charge in [0.15, 0.2) is 0 Å². The van der Waals surface area contributed by atoms with Gasteiger partial charge in [0.2, 0.25) is 0 Å². The van der Waals surface area contributed by atoms with E-state index in [0.717, 1.165) is 17.7 Å². The lowest BCUT2D eigenvalue weighted by atomic mass is 10.0. The van der Waals surface area contributed by atoms with Crippen LogP contribution in [-0.4, -0.2) is 35.4 Å². The maximum atomic E-state index is 12.5. The predicted octanol–water partition coefficient (Wildman–Crippen LogP) is 3.91. The summed E-state index contributed by atoms with van der Waals surface area (Å²) in [6.07, 6.45) is -3.79. The molecule has 0 amide bonds. The van der Waals surface area contributed by atoms with Crippen molar-refractivity contribution >= 4 is 5.97 Å². The van der Waals surface area contributed by atoms with Gasteiger partial charge in [0.25, 0.3) is 0 Å². The monoisotopic (exact) mass is 383 g/mol. The molecule has 0 aromatic heterocycles. The van der Waals surface area contributed by atoms with Gasteiger partial charge in [-0.15, -0.1) is 0 Å². The minimum Gasteiger partial charge on any atom is -0.478 e. The molecule has 2 aromatic rings. The van der Waals surface area contributed by atoms with E-state index in [1.807, 2.05) is 13.8 Å². The number of halogens is 3. The van der Waals surface area contributed by atoms with Gasteiger partial charge >= 0.3 is 12.1 Å². The summed E-state index contributed by atoms with van der Waals surface area (Å²) >= 11 is 0. The number of carboxylic acid groups (broad SMARTS) is 1. The highest BCUT2D eigenvalue weighted by Gasteiger charge is 2.30. The fraction of sp³-hybridized carbons (Fsp3) is 0.350. The summed E-state index contributed by atoms with van der Waals surface area (Å²) in [6.45, 7) is 4.26. The van der Waals surface area contributed by atoms with Crippen molar-refractivity contribution in [2.75, 3.05) is 13.2 Å². The summed E-state index contributed by atoms with van der Waals surface area (Å²) in [5, 5.41) is 20.1. The molecular weight excluding hydrogens is 359 g/mol. The molecule has 1 atom stereocenters. The first-order valence-electron chi connectivity index (χ1n) is 8.44. The average molecular weight is 383 g/mol. The van der Waals surface area contributed by atoms with E-state index in [9.17, 15) is 18.0 Å². The number of nitrogens with one attached hydrogen (secondary N) is 1. The molecule has 0 bridgehead atoms. The maximum absolute atomic E-state index is 12.5. The Labute approximate surface area is 156 Å². The van der Waals surface area contributed by atoms with Crippen molar-refractivity contribution in [3.63, 3.8) is 0 Å². The van der Waals surface area contributed by atoms with Crippen molar-refractivity contribution in [1.82, 2.24) is 5.32 Å². The van der Waals surface area contributed by atoms with Gasteiger partial charge in [0, 0.05) is 12.6 Å². The Bertz CT molecular complexity index is 715. The molecule has 0 saturated carbocycles. The highest BCUT2D eigenvalue weighted by molar-refractivity contribution is 5.87. The van der Waals surface area contributed by atoms with Gasteiger partial charge in [-0.25, -0.2) is 4.79 Å². The van der Waals surface area contributed by atoms with E-state index in [1.54, 1.807) is 30.3 Å². The van der Waals surface area contributed by atoms with Crippen LogP contribution < -0.4 is 5.32 Å². The Kier molecular flexibility index (Phi) is 8.97. The molecule has 4 nitrogen and oxygen atoms in total. The molecule has 0 saturated heterocycles. The van der Waals surface area contributed by atoms with Gasteiger partial charge in [-0.05, 0) is 44.0 Å². The van der Waals surface area contributed by atoms with E-state index in [-0.39, 0.29) is 12.6 Å². The van der Waals surface area contributed by atoms with Crippen LogP contribution in [0.15, 0.2) is 48.5 Å². The molecule has 2 aromatic carbocycles. The number of rotatable bonds is 6. The average Bonchev–Trinajstić information content (AvgIpc) is 2.60. The van der Waals surface area contributed by atoms with Crippen molar-refractivity contribution < 1.29 is 28.2 Å².